The second-order valence-corrected chi connectivity index (χ2v) is 3.54. The number of hydrogen-bond donors (Lipinski definition) is 0. The van der Waals surface area contributed by atoms with Gasteiger partial charge in [0.25, 0.3) is 0 Å². The molecular weight excluding hydrogens is 144 g/mol. The van der Waals surface area contributed by atoms with Crippen LogP contribution in [0.2, 0.25) is 0 Å². The molecule has 2 fully saturated rings. The summed E-state index contributed by atoms with van der Waals surface area (Å²) in [6.07, 6.45) is 0.732. The van der Waals surface area contributed by atoms with E-state index in [1.54, 1.807) is 0 Å². The summed E-state index contributed by atoms with van der Waals surface area (Å²) in [7, 11) is 0. The molecule has 0 saturated carbocycles. The van der Waals surface area contributed by atoms with Crippen molar-refractivity contribution in [3.05, 3.63) is 0 Å². The van der Waals surface area contributed by atoms with Gasteiger partial charge in [0, 0.05) is 0 Å². The zero-order chi connectivity index (χ0) is 7.90. The van der Waals surface area contributed by atoms with Gasteiger partial charge in [-0.15, -0.1) is 0 Å². The monoisotopic (exact) mass is 158 g/mol. The fourth-order valence-electron chi connectivity index (χ4n) is 1.08. The van der Waals surface area contributed by atoms with E-state index in [9.17, 15) is 0 Å². The Morgan fingerprint density at radius 2 is 2.27 bits per heavy atom. The van der Waals surface area contributed by atoms with Crippen molar-refractivity contribution < 1.29 is 14.2 Å². The van der Waals surface area contributed by atoms with Crippen LogP contribution in [0.4, 0.5) is 0 Å². The Labute approximate surface area is 66.6 Å². The van der Waals surface area contributed by atoms with Crippen LogP contribution in [-0.2, 0) is 14.2 Å². The van der Waals surface area contributed by atoms with Crippen molar-refractivity contribution in [2.75, 3.05) is 19.8 Å². The number of ether oxygens (including phenoxy) is 3. The van der Waals surface area contributed by atoms with Gasteiger partial charge in [0.15, 0.2) is 0 Å². The van der Waals surface area contributed by atoms with Gasteiger partial charge >= 0.3 is 0 Å². The quantitative estimate of drug-likeness (QED) is 0.561. The van der Waals surface area contributed by atoms with Crippen LogP contribution in [0.5, 0.6) is 0 Å². The van der Waals surface area contributed by atoms with Crippen LogP contribution < -0.4 is 0 Å². The van der Waals surface area contributed by atoms with Crippen molar-refractivity contribution >= 4 is 0 Å². The van der Waals surface area contributed by atoms with E-state index >= 15 is 0 Å². The molecule has 64 valence electrons. The molecule has 2 aliphatic rings. The number of hydrogen-bond acceptors (Lipinski definition) is 3. The molecule has 0 aromatic heterocycles. The minimum absolute atomic E-state index is 0.00507. The van der Waals surface area contributed by atoms with Crippen molar-refractivity contribution in [3.8, 4) is 0 Å². The van der Waals surface area contributed by atoms with Crippen LogP contribution in [0.1, 0.15) is 13.8 Å². The van der Waals surface area contributed by atoms with Gasteiger partial charge in [0.2, 0.25) is 0 Å². The van der Waals surface area contributed by atoms with Crippen molar-refractivity contribution in [1.29, 1.82) is 0 Å². The third-order valence-electron chi connectivity index (χ3n) is 2.34. The van der Waals surface area contributed by atoms with Crippen molar-refractivity contribution in [1.82, 2.24) is 0 Å². The Morgan fingerprint density at radius 1 is 1.64 bits per heavy atom. The molecule has 2 rings (SSSR count). The van der Waals surface area contributed by atoms with Gasteiger partial charge in [-0.1, -0.05) is 0 Å². The fourth-order valence-corrected chi connectivity index (χ4v) is 1.08. The molecule has 3 atom stereocenters. The van der Waals surface area contributed by atoms with E-state index in [-0.39, 0.29) is 5.60 Å². The lowest BCUT2D eigenvalue weighted by molar-refractivity contribution is 0.0742. The second-order valence-electron chi connectivity index (χ2n) is 3.54. The Kier molecular flexibility index (Phi) is 1.67. The van der Waals surface area contributed by atoms with E-state index in [2.05, 4.69) is 13.8 Å². The molecule has 3 unspecified atom stereocenters. The summed E-state index contributed by atoms with van der Waals surface area (Å²) < 4.78 is 15.8. The summed E-state index contributed by atoms with van der Waals surface area (Å²) >= 11 is 0. The van der Waals surface area contributed by atoms with Crippen LogP contribution in [-0.4, -0.2) is 37.6 Å². The van der Waals surface area contributed by atoms with E-state index in [0.29, 0.717) is 18.8 Å². The number of rotatable bonds is 4. The second kappa shape index (κ2) is 2.44. The van der Waals surface area contributed by atoms with Gasteiger partial charge in [-0.2, -0.15) is 0 Å². The summed E-state index contributed by atoms with van der Waals surface area (Å²) in [6, 6.07) is 0. The minimum atomic E-state index is -0.00507. The fraction of sp³-hybridized carbons (Fsp3) is 1.00. The van der Waals surface area contributed by atoms with Crippen LogP contribution in [0.3, 0.4) is 0 Å². The third kappa shape index (κ3) is 1.72. The maximum absolute atomic E-state index is 5.40. The molecule has 0 aliphatic carbocycles. The molecule has 3 nitrogen and oxygen atoms in total. The first kappa shape index (κ1) is 7.53. The predicted octanol–water partition coefficient (Wildman–Crippen LogP) is 0.579. The van der Waals surface area contributed by atoms with Crippen LogP contribution in [0, 0.1) is 0 Å². The molecule has 11 heavy (non-hydrogen) atoms. The lowest BCUT2D eigenvalue weighted by Gasteiger charge is -2.05. The molecular formula is C8H14O3. The topological polar surface area (TPSA) is 34.3 Å². The van der Waals surface area contributed by atoms with E-state index in [4.69, 9.17) is 14.2 Å². The van der Waals surface area contributed by atoms with Crippen LogP contribution in [0.15, 0.2) is 0 Å². The van der Waals surface area contributed by atoms with Gasteiger partial charge in [-0.25, -0.2) is 0 Å². The first-order valence-corrected chi connectivity index (χ1v) is 4.08. The van der Waals surface area contributed by atoms with Crippen molar-refractivity contribution in [2.24, 2.45) is 0 Å². The smallest absolute Gasteiger partial charge is 0.115 e. The minimum Gasteiger partial charge on any atom is -0.376 e. The summed E-state index contributed by atoms with van der Waals surface area (Å²) in [5.74, 6) is 0. The Morgan fingerprint density at radius 3 is 2.73 bits per heavy atom. The van der Waals surface area contributed by atoms with Crippen LogP contribution >= 0.6 is 0 Å². The molecule has 0 N–H and O–H groups in total. The first-order chi connectivity index (χ1) is 5.21. The zero-order valence-electron chi connectivity index (χ0n) is 7.00. The first-order valence-electron chi connectivity index (χ1n) is 4.08. The Bertz CT molecular complexity index is 155. The summed E-state index contributed by atoms with van der Waals surface area (Å²) in [5.41, 5.74) is -0.00507. The third-order valence-corrected chi connectivity index (χ3v) is 2.34. The van der Waals surface area contributed by atoms with Crippen LogP contribution in [0.25, 0.3) is 0 Å². The highest BCUT2D eigenvalue weighted by Crippen LogP contribution is 2.35. The lowest BCUT2D eigenvalue weighted by Crippen LogP contribution is -2.19. The number of epoxide rings is 2. The molecule has 2 aliphatic heterocycles. The predicted molar refractivity (Wildman–Crippen MR) is 39.5 cm³/mol. The highest BCUT2D eigenvalue weighted by Gasteiger charge is 2.49. The van der Waals surface area contributed by atoms with Crippen molar-refractivity contribution in [3.63, 3.8) is 0 Å². The Hall–Kier alpha value is -0.120. The molecule has 0 aromatic carbocycles. The maximum Gasteiger partial charge on any atom is 0.115 e. The Balaban J connectivity index is 1.59. The van der Waals surface area contributed by atoms with E-state index in [1.165, 1.54) is 0 Å². The van der Waals surface area contributed by atoms with Gasteiger partial charge in [-0.3, -0.25) is 0 Å². The molecule has 0 bridgehead atoms. The molecule has 0 aromatic rings. The average Bonchev–Trinajstić information content (AvgIpc) is 2.78. The molecule has 2 saturated heterocycles. The molecule has 0 spiro atoms. The van der Waals surface area contributed by atoms with E-state index in [1.807, 2.05) is 0 Å². The standard InChI is InChI=1S/C8H14O3/c1-6-8(2,11-6)5-9-3-7-4-10-7/h6-7H,3-5H2,1-2H3. The normalized spacial score (nSPS) is 47.5. The highest BCUT2D eigenvalue weighted by molar-refractivity contribution is 4.95. The van der Waals surface area contributed by atoms with E-state index < -0.39 is 0 Å². The van der Waals surface area contributed by atoms with Gasteiger partial charge in [-0.05, 0) is 13.8 Å². The summed E-state index contributed by atoms with van der Waals surface area (Å²) in [6.45, 7) is 6.44. The lowest BCUT2D eigenvalue weighted by atomic mass is 10.1. The average molecular weight is 158 g/mol. The largest absolute Gasteiger partial charge is 0.376 e. The van der Waals surface area contributed by atoms with Crippen molar-refractivity contribution in [2.45, 2.75) is 31.7 Å². The molecule has 3 heteroatoms. The summed E-state index contributed by atoms with van der Waals surface area (Å²) in [5, 5.41) is 0. The summed E-state index contributed by atoms with van der Waals surface area (Å²) in [4.78, 5) is 0. The molecule has 2 heterocycles. The van der Waals surface area contributed by atoms with Gasteiger partial charge < -0.3 is 14.2 Å². The van der Waals surface area contributed by atoms with Gasteiger partial charge in [0.1, 0.15) is 11.7 Å². The SMILES string of the molecule is CC1OC1(C)COCC1CO1. The molecule has 0 amide bonds. The van der Waals surface area contributed by atoms with Gasteiger partial charge in [0.05, 0.1) is 25.9 Å². The zero-order valence-corrected chi connectivity index (χ0v) is 7.00. The highest BCUT2D eigenvalue weighted by atomic mass is 16.6. The molecule has 0 radical (unpaired) electrons. The van der Waals surface area contributed by atoms with E-state index in [0.717, 1.165) is 13.2 Å². The maximum atomic E-state index is 5.40.